The molecule has 0 aromatic heterocycles. The minimum Gasteiger partial charge on any atom is -0.484 e. The molecule has 0 aliphatic carbocycles. The first kappa shape index (κ1) is 15.1. The summed E-state index contributed by atoms with van der Waals surface area (Å²) in [7, 11) is 0. The summed E-state index contributed by atoms with van der Waals surface area (Å²) in [5.74, 6) is -0.217. The van der Waals surface area contributed by atoms with Crippen molar-refractivity contribution < 1.29 is 13.9 Å². The number of carbonyl (C=O) groups is 1. The van der Waals surface area contributed by atoms with Crippen molar-refractivity contribution in [3.05, 3.63) is 56.9 Å². The van der Waals surface area contributed by atoms with E-state index in [2.05, 4.69) is 27.9 Å². The Balaban J connectivity index is 1.90. The molecule has 2 aromatic carbocycles. The molecule has 0 fully saturated rings. The first-order valence-corrected chi connectivity index (χ1v) is 7.13. The van der Waals surface area contributed by atoms with E-state index in [9.17, 15) is 9.18 Å². The van der Waals surface area contributed by atoms with E-state index in [4.69, 9.17) is 16.3 Å². The smallest absolute Gasteiger partial charge is 0.262 e. The van der Waals surface area contributed by atoms with Crippen LogP contribution < -0.4 is 10.1 Å². The van der Waals surface area contributed by atoms with Gasteiger partial charge < -0.3 is 10.1 Å². The zero-order chi connectivity index (χ0) is 14.5. The Hall–Kier alpha value is -1.34. The highest BCUT2D eigenvalue weighted by atomic mass is 127. The summed E-state index contributed by atoms with van der Waals surface area (Å²) in [5, 5.41) is 2.70. The number of ether oxygens (including phenoxy) is 1. The third-order valence-electron chi connectivity index (χ3n) is 2.39. The summed E-state index contributed by atoms with van der Waals surface area (Å²) in [6, 6.07) is 11.1. The van der Waals surface area contributed by atoms with E-state index in [0.717, 1.165) is 9.64 Å². The highest BCUT2D eigenvalue weighted by molar-refractivity contribution is 14.1. The van der Waals surface area contributed by atoms with E-state index in [1.807, 2.05) is 12.1 Å². The summed E-state index contributed by atoms with van der Waals surface area (Å²) < 4.78 is 19.3. The van der Waals surface area contributed by atoms with Crippen molar-refractivity contribution in [2.45, 2.75) is 0 Å². The molecule has 0 unspecified atom stereocenters. The highest BCUT2D eigenvalue weighted by Crippen LogP contribution is 2.22. The number of hydrogen-bond donors (Lipinski definition) is 1. The van der Waals surface area contributed by atoms with Crippen LogP contribution in [0.1, 0.15) is 0 Å². The molecule has 2 rings (SSSR count). The van der Waals surface area contributed by atoms with Crippen LogP contribution in [0.3, 0.4) is 0 Å². The van der Waals surface area contributed by atoms with Crippen LogP contribution in [0.5, 0.6) is 5.75 Å². The average Bonchev–Trinajstić information content (AvgIpc) is 2.41. The molecule has 3 nitrogen and oxygen atoms in total. The maximum atomic E-state index is 12.9. The molecular weight excluding hydrogens is 396 g/mol. The lowest BCUT2D eigenvalue weighted by Gasteiger charge is -2.08. The summed E-state index contributed by atoms with van der Waals surface area (Å²) in [5.41, 5.74) is 0.351. The first-order valence-electron chi connectivity index (χ1n) is 5.68. The largest absolute Gasteiger partial charge is 0.484 e. The number of hydrogen-bond acceptors (Lipinski definition) is 2. The fourth-order valence-corrected chi connectivity index (χ4v) is 2.03. The van der Waals surface area contributed by atoms with Crippen LogP contribution in [-0.4, -0.2) is 12.5 Å². The second-order valence-corrected chi connectivity index (χ2v) is 5.57. The highest BCUT2D eigenvalue weighted by Gasteiger charge is 2.07. The Labute approximate surface area is 134 Å². The van der Waals surface area contributed by atoms with E-state index in [1.165, 1.54) is 12.1 Å². The maximum Gasteiger partial charge on any atom is 0.262 e. The summed E-state index contributed by atoms with van der Waals surface area (Å²) >= 11 is 7.99. The molecule has 20 heavy (non-hydrogen) atoms. The van der Waals surface area contributed by atoms with Gasteiger partial charge in [0.25, 0.3) is 5.91 Å². The lowest BCUT2D eigenvalue weighted by Crippen LogP contribution is -2.20. The van der Waals surface area contributed by atoms with Crippen LogP contribution in [0, 0.1) is 9.39 Å². The number of carbonyl (C=O) groups excluding carboxylic acids is 1. The van der Waals surface area contributed by atoms with Crippen molar-refractivity contribution in [3.8, 4) is 5.75 Å². The molecular formula is C14H10ClFINO2. The number of rotatable bonds is 4. The van der Waals surface area contributed by atoms with Gasteiger partial charge in [0.1, 0.15) is 11.6 Å². The van der Waals surface area contributed by atoms with E-state index in [-0.39, 0.29) is 17.5 Å². The Kier molecular flexibility index (Phi) is 5.19. The summed E-state index contributed by atoms with van der Waals surface area (Å²) in [6.07, 6.45) is 0. The number of nitrogens with one attached hydrogen (secondary N) is 1. The number of amides is 1. The van der Waals surface area contributed by atoms with Crippen molar-refractivity contribution >= 4 is 45.8 Å². The molecule has 0 heterocycles. The lowest BCUT2D eigenvalue weighted by molar-refractivity contribution is -0.118. The van der Waals surface area contributed by atoms with Crippen molar-refractivity contribution in [2.75, 3.05) is 11.9 Å². The average molecular weight is 406 g/mol. The molecule has 0 aliphatic heterocycles. The van der Waals surface area contributed by atoms with E-state index >= 15 is 0 Å². The topological polar surface area (TPSA) is 38.3 Å². The standard InChI is InChI=1S/C14H10ClFINO2/c15-12-7-9(16)1-6-13(12)18-14(19)8-20-11-4-2-10(17)3-5-11/h1-7H,8H2,(H,18,19). The van der Waals surface area contributed by atoms with Gasteiger partial charge in [0.15, 0.2) is 6.61 Å². The van der Waals surface area contributed by atoms with Gasteiger partial charge in [-0.05, 0) is 65.1 Å². The van der Waals surface area contributed by atoms with Crippen LogP contribution in [0.4, 0.5) is 10.1 Å². The van der Waals surface area contributed by atoms with E-state index in [0.29, 0.717) is 11.4 Å². The van der Waals surface area contributed by atoms with Crippen molar-refractivity contribution in [3.63, 3.8) is 0 Å². The molecule has 6 heteroatoms. The number of benzene rings is 2. The molecule has 0 radical (unpaired) electrons. The molecule has 0 bridgehead atoms. The van der Waals surface area contributed by atoms with Gasteiger partial charge in [-0.2, -0.15) is 0 Å². The van der Waals surface area contributed by atoms with Gasteiger partial charge in [0.2, 0.25) is 0 Å². The zero-order valence-corrected chi connectivity index (χ0v) is 13.1. The van der Waals surface area contributed by atoms with E-state index in [1.54, 1.807) is 12.1 Å². The van der Waals surface area contributed by atoms with Gasteiger partial charge in [-0.15, -0.1) is 0 Å². The third-order valence-corrected chi connectivity index (χ3v) is 3.42. The van der Waals surface area contributed by atoms with Crippen LogP contribution in [0.2, 0.25) is 5.02 Å². The molecule has 1 amide bonds. The molecule has 0 aliphatic rings. The van der Waals surface area contributed by atoms with Crippen molar-refractivity contribution in [1.29, 1.82) is 0 Å². The van der Waals surface area contributed by atoms with Crippen molar-refractivity contribution in [1.82, 2.24) is 0 Å². The van der Waals surface area contributed by atoms with Crippen LogP contribution >= 0.6 is 34.2 Å². The van der Waals surface area contributed by atoms with Crippen molar-refractivity contribution in [2.24, 2.45) is 0 Å². The summed E-state index contributed by atoms with van der Waals surface area (Å²) in [6.45, 7) is -0.145. The number of anilines is 1. The van der Waals surface area contributed by atoms with Gasteiger partial charge in [0, 0.05) is 3.57 Å². The molecule has 104 valence electrons. The minimum atomic E-state index is -0.455. The molecule has 0 saturated carbocycles. The SMILES string of the molecule is O=C(COc1ccc(I)cc1)Nc1ccc(F)cc1Cl. The van der Waals surface area contributed by atoms with Gasteiger partial charge in [0.05, 0.1) is 10.7 Å². The lowest BCUT2D eigenvalue weighted by atomic mass is 10.3. The molecule has 1 N–H and O–H groups in total. The molecule has 0 saturated heterocycles. The second-order valence-electron chi connectivity index (χ2n) is 3.91. The Morgan fingerprint density at radius 1 is 1.25 bits per heavy atom. The summed E-state index contributed by atoms with van der Waals surface area (Å²) in [4.78, 5) is 11.7. The second kappa shape index (κ2) is 6.90. The van der Waals surface area contributed by atoms with Gasteiger partial charge >= 0.3 is 0 Å². The minimum absolute atomic E-state index is 0.145. The van der Waals surface area contributed by atoms with Crippen LogP contribution in [-0.2, 0) is 4.79 Å². The Morgan fingerprint density at radius 3 is 2.60 bits per heavy atom. The van der Waals surface area contributed by atoms with Gasteiger partial charge in [-0.25, -0.2) is 4.39 Å². The first-order chi connectivity index (χ1) is 9.54. The Bertz CT molecular complexity index is 619. The fraction of sp³-hybridized carbons (Fsp3) is 0.0714. The predicted molar refractivity (Wildman–Crippen MR) is 84.7 cm³/mol. The van der Waals surface area contributed by atoms with Gasteiger partial charge in [-0.3, -0.25) is 4.79 Å². The van der Waals surface area contributed by atoms with Gasteiger partial charge in [-0.1, -0.05) is 11.6 Å². The molecule has 2 aromatic rings. The molecule has 0 spiro atoms. The maximum absolute atomic E-state index is 12.9. The number of halogens is 3. The fourth-order valence-electron chi connectivity index (χ4n) is 1.46. The van der Waals surface area contributed by atoms with E-state index < -0.39 is 5.82 Å². The monoisotopic (exact) mass is 405 g/mol. The normalized spacial score (nSPS) is 10.2. The van der Waals surface area contributed by atoms with Crippen LogP contribution in [0.25, 0.3) is 0 Å². The predicted octanol–water partition coefficient (Wildman–Crippen LogP) is 4.10. The zero-order valence-electron chi connectivity index (χ0n) is 10.2. The quantitative estimate of drug-likeness (QED) is 0.778. The van der Waals surface area contributed by atoms with Crippen LogP contribution in [0.15, 0.2) is 42.5 Å². The Morgan fingerprint density at radius 2 is 1.95 bits per heavy atom. The third kappa shape index (κ3) is 4.35. The molecule has 0 atom stereocenters.